The lowest BCUT2D eigenvalue weighted by Gasteiger charge is -2.32. The van der Waals surface area contributed by atoms with Crippen LogP contribution in [0.3, 0.4) is 0 Å². The van der Waals surface area contributed by atoms with Crippen molar-refractivity contribution in [2.75, 3.05) is 33.2 Å². The second-order valence-electron chi connectivity index (χ2n) is 6.23. The predicted octanol–water partition coefficient (Wildman–Crippen LogP) is 3.57. The van der Waals surface area contributed by atoms with Gasteiger partial charge in [0, 0.05) is 43.9 Å². The third-order valence-electron chi connectivity index (χ3n) is 4.40. The van der Waals surface area contributed by atoms with Gasteiger partial charge in [-0.25, -0.2) is 4.39 Å². The van der Waals surface area contributed by atoms with Crippen LogP contribution in [0.2, 0.25) is 0 Å². The Balaban J connectivity index is 1.67. The molecule has 5 heteroatoms. The molecule has 0 saturated carbocycles. The largest absolute Gasteiger partial charge is 0.304 e. The van der Waals surface area contributed by atoms with E-state index in [1.165, 1.54) is 11.6 Å². The zero-order valence-electron chi connectivity index (χ0n) is 13.6. The number of halogens is 2. The number of nitrogens with zero attached hydrogens (tertiary/aromatic N) is 2. The maximum atomic E-state index is 13.6. The Bertz CT molecular complexity index is 725. The van der Waals surface area contributed by atoms with Crippen molar-refractivity contribution < 1.29 is 9.18 Å². The Morgan fingerprint density at radius 3 is 2.29 bits per heavy atom. The van der Waals surface area contributed by atoms with Crippen molar-refractivity contribution in [3.63, 3.8) is 0 Å². The molecule has 0 unspecified atom stereocenters. The molecular formula is C19H20BrFN2O. The summed E-state index contributed by atoms with van der Waals surface area (Å²) in [6.45, 7) is 5.21. The normalized spacial score (nSPS) is 16.3. The van der Waals surface area contributed by atoms with E-state index in [1.807, 2.05) is 24.3 Å². The molecule has 0 atom stereocenters. The minimum absolute atomic E-state index is 0.160. The molecule has 0 aliphatic carbocycles. The van der Waals surface area contributed by atoms with E-state index in [4.69, 9.17) is 0 Å². The Labute approximate surface area is 150 Å². The fraction of sp³-hybridized carbons (Fsp3) is 0.316. The summed E-state index contributed by atoms with van der Waals surface area (Å²) >= 11 is 3.10. The molecule has 1 aliphatic rings. The van der Waals surface area contributed by atoms with Crippen LogP contribution in [0.25, 0.3) is 0 Å². The lowest BCUT2D eigenvalue weighted by molar-refractivity contribution is 0.103. The molecule has 0 aromatic heterocycles. The van der Waals surface area contributed by atoms with Gasteiger partial charge in [-0.1, -0.05) is 24.3 Å². The summed E-state index contributed by atoms with van der Waals surface area (Å²) in [5, 5.41) is 0. The number of rotatable bonds is 4. The molecule has 1 aliphatic heterocycles. The summed E-state index contributed by atoms with van der Waals surface area (Å²) in [4.78, 5) is 17.2. The Kier molecular flexibility index (Phi) is 5.43. The molecule has 0 amide bonds. The van der Waals surface area contributed by atoms with E-state index >= 15 is 0 Å². The van der Waals surface area contributed by atoms with E-state index in [0.29, 0.717) is 15.6 Å². The van der Waals surface area contributed by atoms with Crippen LogP contribution in [-0.2, 0) is 6.54 Å². The number of ketones is 1. The number of hydrogen-bond donors (Lipinski definition) is 0. The first-order chi connectivity index (χ1) is 11.5. The van der Waals surface area contributed by atoms with Crippen LogP contribution in [0.1, 0.15) is 21.5 Å². The summed E-state index contributed by atoms with van der Waals surface area (Å²) in [7, 11) is 2.14. The smallest absolute Gasteiger partial charge is 0.193 e. The highest BCUT2D eigenvalue weighted by Gasteiger charge is 2.15. The fourth-order valence-electron chi connectivity index (χ4n) is 2.83. The molecular weight excluding hydrogens is 371 g/mol. The van der Waals surface area contributed by atoms with Crippen LogP contribution in [-0.4, -0.2) is 48.8 Å². The monoisotopic (exact) mass is 390 g/mol. The minimum atomic E-state index is -0.424. The zero-order valence-corrected chi connectivity index (χ0v) is 15.2. The van der Waals surface area contributed by atoms with Crippen molar-refractivity contribution in [3.8, 4) is 0 Å². The molecule has 126 valence electrons. The quantitative estimate of drug-likeness (QED) is 0.745. The highest BCUT2D eigenvalue weighted by atomic mass is 79.9. The summed E-state index contributed by atoms with van der Waals surface area (Å²) in [6, 6.07) is 12.1. The van der Waals surface area contributed by atoms with E-state index in [1.54, 1.807) is 12.1 Å². The van der Waals surface area contributed by atoms with Crippen LogP contribution in [0, 0.1) is 5.82 Å². The number of carbonyl (C=O) groups excluding carboxylic acids is 1. The second-order valence-corrected chi connectivity index (χ2v) is 7.09. The average molecular weight is 391 g/mol. The number of benzene rings is 2. The van der Waals surface area contributed by atoms with Crippen LogP contribution in [0.4, 0.5) is 4.39 Å². The van der Waals surface area contributed by atoms with Crippen LogP contribution in [0.15, 0.2) is 46.9 Å². The number of piperazine rings is 1. The Morgan fingerprint density at radius 1 is 1.04 bits per heavy atom. The van der Waals surface area contributed by atoms with Crippen LogP contribution >= 0.6 is 15.9 Å². The van der Waals surface area contributed by atoms with Gasteiger partial charge in [0.1, 0.15) is 5.82 Å². The molecule has 3 nitrogen and oxygen atoms in total. The fourth-order valence-corrected chi connectivity index (χ4v) is 3.08. The SMILES string of the molecule is CN1CCN(Cc2ccc(C(=O)c3ccc(Br)c(F)c3)cc2)CC1. The van der Waals surface area contributed by atoms with Gasteiger partial charge < -0.3 is 4.90 Å². The number of hydrogen-bond acceptors (Lipinski definition) is 3. The molecule has 1 heterocycles. The van der Waals surface area contributed by atoms with E-state index < -0.39 is 5.82 Å². The summed E-state index contributed by atoms with van der Waals surface area (Å²) in [5.74, 6) is -0.583. The molecule has 1 saturated heterocycles. The van der Waals surface area contributed by atoms with Gasteiger partial charge in [-0.2, -0.15) is 0 Å². The molecule has 2 aromatic carbocycles. The van der Waals surface area contributed by atoms with Crippen molar-refractivity contribution in [2.45, 2.75) is 6.54 Å². The first kappa shape index (κ1) is 17.3. The summed E-state index contributed by atoms with van der Waals surface area (Å²) in [6.07, 6.45) is 0. The van der Waals surface area contributed by atoms with E-state index in [9.17, 15) is 9.18 Å². The standard InChI is InChI=1S/C19H20BrFN2O/c1-22-8-10-23(11-9-22)13-14-2-4-15(5-3-14)19(24)16-6-7-17(20)18(21)12-16/h2-7,12H,8-11,13H2,1H3. The van der Waals surface area contributed by atoms with Crippen molar-refractivity contribution in [2.24, 2.45) is 0 Å². The van der Waals surface area contributed by atoms with Gasteiger partial charge in [0.05, 0.1) is 4.47 Å². The second kappa shape index (κ2) is 7.55. The predicted molar refractivity (Wildman–Crippen MR) is 96.7 cm³/mol. The molecule has 0 N–H and O–H groups in total. The third kappa shape index (κ3) is 4.09. The van der Waals surface area contributed by atoms with Crippen LogP contribution in [0.5, 0.6) is 0 Å². The minimum Gasteiger partial charge on any atom is -0.304 e. The van der Waals surface area contributed by atoms with E-state index in [-0.39, 0.29) is 5.78 Å². The zero-order chi connectivity index (χ0) is 17.1. The van der Waals surface area contributed by atoms with Crippen molar-refractivity contribution >= 4 is 21.7 Å². The van der Waals surface area contributed by atoms with Crippen LogP contribution < -0.4 is 0 Å². The van der Waals surface area contributed by atoms with Gasteiger partial charge in [-0.15, -0.1) is 0 Å². The van der Waals surface area contributed by atoms with Gasteiger partial charge in [-0.3, -0.25) is 9.69 Å². The van der Waals surface area contributed by atoms with Gasteiger partial charge >= 0.3 is 0 Å². The Hall–Kier alpha value is -1.56. The molecule has 24 heavy (non-hydrogen) atoms. The van der Waals surface area contributed by atoms with Gasteiger partial charge in [0.25, 0.3) is 0 Å². The summed E-state index contributed by atoms with van der Waals surface area (Å²) in [5.41, 5.74) is 2.14. The van der Waals surface area contributed by atoms with E-state index in [2.05, 4.69) is 32.8 Å². The maximum absolute atomic E-state index is 13.6. The lowest BCUT2D eigenvalue weighted by atomic mass is 10.0. The molecule has 0 spiro atoms. The topological polar surface area (TPSA) is 23.6 Å². The van der Waals surface area contributed by atoms with Crippen molar-refractivity contribution in [1.29, 1.82) is 0 Å². The lowest BCUT2D eigenvalue weighted by Crippen LogP contribution is -2.43. The molecule has 1 fully saturated rings. The number of likely N-dealkylation sites (N-methyl/N-ethyl adjacent to an activating group) is 1. The number of carbonyl (C=O) groups is 1. The van der Waals surface area contributed by atoms with Crippen molar-refractivity contribution in [3.05, 3.63) is 69.4 Å². The molecule has 3 rings (SSSR count). The molecule has 0 radical (unpaired) electrons. The maximum Gasteiger partial charge on any atom is 0.193 e. The first-order valence-corrected chi connectivity index (χ1v) is 8.82. The highest BCUT2D eigenvalue weighted by Crippen LogP contribution is 2.19. The molecule has 0 bridgehead atoms. The highest BCUT2D eigenvalue weighted by molar-refractivity contribution is 9.10. The van der Waals surface area contributed by atoms with Gasteiger partial charge in [0.15, 0.2) is 5.78 Å². The third-order valence-corrected chi connectivity index (χ3v) is 5.04. The van der Waals surface area contributed by atoms with E-state index in [0.717, 1.165) is 32.7 Å². The average Bonchev–Trinajstić information content (AvgIpc) is 2.59. The van der Waals surface area contributed by atoms with Gasteiger partial charge in [0.2, 0.25) is 0 Å². The summed E-state index contributed by atoms with van der Waals surface area (Å²) < 4.78 is 14.0. The first-order valence-electron chi connectivity index (χ1n) is 8.02. The molecule has 2 aromatic rings. The van der Waals surface area contributed by atoms with Crippen molar-refractivity contribution in [1.82, 2.24) is 9.80 Å². The Morgan fingerprint density at radius 2 is 1.67 bits per heavy atom. The van der Waals surface area contributed by atoms with Gasteiger partial charge in [-0.05, 0) is 46.7 Å².